The fourth-order valence-corrected chi connectivity index (χ4v) is 5.10. The third-order valence-corrected chi connectivity index (χ3v) is 7.20. The molecule has 0 saturated carbocycles. The summed E-state index contributed by atoms with van der Waals surface area (Å²) in [5.74, 6) is 0.732. The van der Waals surface area contributed by atoms with Crippen molar-refractivity contribution in [2.75, 3.05) is 18.9 Å². The van der Waals surface area contributed by atoms with E-state index < -0.39 is 23.7 Å². The number of ether oxygens (including phenoxy) is 4. The lowest BCUT2D eigenvalue weighted by Crippen LogP contribution is -2.42. The van der Waals surface area contributed by atoms with Crippen LogP contribution in [0.2, 0.25) is 0 Å². The molecule has 2 amide bonds. The molecule has 1 aromatic heterocycles. The monoisotopic (exact) mass is 581 g/mol. The van der Waals surface area contributed by atoms with Crippen molar-refractivity contribution in [2.45, 2.75) is 19.1 Å². The Balaban J connectivity index is 1.28. The lowest BCUT2D eigenvalue weighted by molar-refractivity contribution is -0.140. The summed E-state index contributed by atoms with van der Waals surface area (Å²) >= 11 is 0. The number of amides is 2. The Morgan fingerprint density at radius 3 is 2.35 bits per heavy atom. The number of benzene rings is 4. The second-order valence-electron chi connectivity index (χ2n) is 9.96. The second kappa shape index (κ2) is 11.0. The molecule has 5 aromatic rings. The van der Waals surface area contributed by atoms with Crippen molar-refractivity contribution in [3.8, 4) is 23.0 Å². The summed E-state index contributed by atoms with van der Waals surface area (Å²) in [5.41, 5.74) is 2.87. The zero-order chi connectivity index (χ0) is 29.3. The van der Waals surface area contributed by atoms with Gasteiger partial charge in [-0.25, -0.2) is 9.07 Å². The molecule has 1 atom stereocenters. The lowest BCUT2D eigenvalue weighted by Gasteiger charge is -2.32. The van der Waals surface area contributed by atoms with Gasteiger partial charge >= 0.3 is 0 Å². The highest BCUT2D eigenvalue weighted by atomic mass is 19.1. The molecule has 2 aliphatic rings. The first-order chi connectivity index (χ1) is 21.0. The minimum Gasteiger partial charge on any atom is -0.454 e. The summed E-state index contributed by atoms with van der Waals surface area (Å²) < 4.78 is 37.2. The summed E-state index contributed by atoms with van der Waals surface area (Å²) in [4.78, 5) is 29.8. The summed E-state index contributed by atoms with van der Waals surface area (Å²) in [5, 5.41) is 11.2. The molecule has 4 aromatic carbocycles. The Morgan fingerprint density at radius 2 is 1.56 bits per heavy atom. The Morgan fingerprint density at radius 1 is 0.860 bits per heavy atom. The van der Waals surface area contributed by atoms with Crippen LogP contribution in [0, 0.1) is 5.82 Å². The van der Waals surface area contributed by atoms with Gasteiger partial charge in [0.2, 0.25) is 19.5 Å². The average Bonchev–Trinajstić information content (AvgIpc) is 3.77. The van der Waals surface area contributed by atoms with Gasteiger partial charge in [-0.2, -0.15) is 0 Å². The first-order valence-electron chi connectivity index (χ1n) is 13.4. The minimum absolute atomic E-state index is 0.000585. The van der Waals surface area contributed by atoms with Gasteiger partial charge < -0.3 is 29.2 Å². The Hall–Kier alpha value is -5.65. The summed E-state index contributed by atoms with van der Waals surface area (Å²) in [6.45, 7) is -0.0621. The van der Waals surface area contributed by atoms with Gasteiger partial charge in [-0.15, -0.1) is 5.10 Å². The number of nitrogens with zero attached hydrogens (tertiary/aromatic N) is 4. The smallest absolute Gasteiger partial charge is 0.251 e. The molecule has 0 saturated heterocycles. The standard InChI is InChI=1S/C31H24FN5O6/c32-21-8-5-19(6-9-21)15-36(29(38)16-37-24-4-2-1-3-23(24)34-35-37)30(20-7-11-25-27(13-20)42-17-40-25)31(39)33-22-10-12-26-28(14-22)43-18-41-26/h1-14,30H,15-18H2,(H,33,39)/t30-/m0/s1. The highest BCUT2D eigenvalue weighted by molar-refractivity contribution is 5.98. The fraction of sp³-hybridized carbons (Fsp3) is 0.161. The van der Waals surface area contributed by atoms with E-state index in [1.54, 1.807) is 54.6 Å². The summed E-state index contributed by atoms with van der Waals surface area (Å²) in [7, 11) is 0. The van der Waals surface area contributed by atoms with Crippen LogP contribution in [0.25, 0.3) is 11.0 Å². The Kier molecular flexibility index (Phi) is 6.70. The number of hydrogen-bond donors (Lipinski definition) is 1. The van der Waals surface area contributed by atoms with Crippen LogP contribution < -0.4 is 24.3 Å². The van der Waals surface area contributed by atoms with E-state index in [9.17, 15) is 14.0 Å². The molecule has 0 fully saturated rings. The molecule has 0 radical (unpaired) electrons. The van der Waals surface area contributed by atoms with E-state index in [0.717, 1.165) is 0 Å². The van der Waals surface area contributed by atoms with Gasteiger partial charge in [-0.3, -0.25) is 9.59 Å². The second-order valence-corrected chi connectivity index (χ2v) is 9.96. The van der Waals surface area contributed by atoms with E-state index in [1.165, 1.54) is 21.7 Å². The number of halogens is 1. The quantitative estimate of drug-likeness (QED) is 0.286. The van der Waals surface area contributed by atoms with Crippen molar-refractivity contribution < 1.29 is 32.9 Å². The largest absolute Gasteiger partial charge is 0.454 e. The molecule has 216 valence electrons. The SMILES string of the molecule is O=C(Nc1ccc2c(c1)OCO2)[C@H](c1ccc2c(c1)OCO2)N(Cc1ccc(F)cc1)C(=O)Cn1nnc2ccccc21. The maximum absolute atomic E-state index is 14.2. The Bertz CT molecular complexity index is 1840. The number of hydrogen-bond acceptors (Lipinski definition) is 8. The van der Waals surface area contributed by atoms with Crippen LogP contribution in [0.1, 0.15) is 17.2 Å². The van der Waals surface area contributed by atoms with Gasteiger partial charge in [0.15, 0.2) is 23.0 Å². The molecular weight excluding hydrogens is 557 g/mol. The number of nitrogens with one attached hydrogen (secondary N) is 1. The first kappa shape index (κ1) is 26.3. The van der Waals surface area contributed by atoms with Crippen LogP contribution in [0.3, 0.4) is 0 Å². The molecule has 12 heteroatoms. The zero-order valence-electron chi connectivity index (χ0n) is 22.6. The molecule has 0 aliphatic carbocycles. The highest BCUT2D eigenvalue weighted by Gasteiger charge is 2.34. The minimum atomic E-state index is -1.13. The van der Waals surface area contributed by atoms with E-state index in [1.807, 2.05) is 18.2 Å². The molecule has 7 rings (SSSR count). The van der Waals surface area contributed by atoms with Crippen LogP contribution in [-0.4, -0.2) is 45.3 Å². The predicted octanol–water partition coefficient (Wildman–Crippen LogP) is 4.44. The van der Waals surface area contributed by atoms with Gasteiger partial charge in [-0.05, 0) is 59.7 Å². The van der Waals surface area contributed by atoms with Crippen LogP contribution in [-0.2, 0) is 22.7 Å². The van der Waals surface area contributed by atoms with Crippen LogP contribution in [0.15, 0.2) is 84.9 Å². The number of rotatable bonds is 8. The molecular formula is C31H24FN5O6. The molecule has 43 heavy (non-hydrogen) atoms. The maximum atomic E-state index is 14.2. The number of fused-ring (bicyclic) bond motifs is 3. The van der Waals surface area contributed by atoms with E-state index in [0.29, 0.717) is 50.8 Å². The normalized spacial score (nSPS) is 13.6. The molecule has 11 nitrogen and oxygen atoms in total. The van der Waals surface area contributed by atoms with E-state index >= 15 is 0 Å². The molecule has 0 unspecified atom stereocenters. The summed E-state index contributed by atoms with van der Waals surface area (Å²) in [6.07, 6.45) is 0. The predicted molar refractivity (Wildman–Crippen MR) is 151 cm³/mol. The van der Waals surface area contributed by atoms with Crippen molar-refractivity contribution in [2.24, 2.45) is 0 Å². The van der Waals surface area contributed by atoms with Crippen molar-refractivity contribution in [3.05, 3.63) is 102 Å². The average molecular weight is 582 g/mol. The topological polar surface area (TPSA) is 117 Å². The number of aromatic nitrogens is 3. The third kappa shape index (κ3) is 5.25. The van der Waals surface area contributed by atoms with Crippen LogP contribution in [0.5, 0.6) is 23.0 Å². The number of carbonyl (C=O) groups is 2. The van der Waals surface area contributed by atoms with Crippen molar-refractivity contribution in [1.82, 2.24) is 19.9 Å². The zero-order valence-corrected chi connectivity index (χ0v) is 22.6. The fourth-order valence-electron chi connectivity index (χ4n) is 5.10. The summed E-state index contributed by atoms with van der Waals surface area (Å²) in [6, 6.07) is 22.1. The van der Waals surface area contributed by atoms with E-state index in [2.05, 4.69) is 15.6 Å². The van der Waals surface area contributed by atoms with Gasteiger partial charge in [0.1, 0.15) is 23.9 Å². The molecule has 3 heterocycles. The van der Waals surface area contributed by atoms with Gasteiger partial charge in [-0.1, -0.05) is 35.5 Å². The van der Waals surface area contributed by atoms with E-state index in [4.69, 9.17) is 18.9 Å². The number of carbonyl (C=O) groups excluding carboxylic acids is 2. The van der Waals surface area contributed by atoms with Crippen molar-refractivity contribution >= 4 is 28.5 Å². The molecule has 0 spiro atoms. The van der Waals surface area contributed by atoms with Gasteiger partial charge in [0.05, 0.1) is 5.52 Å². The molecule has 1 N–H and O–H groups in total. The van der Waals surface area contributed by atoms with Crippen molar-refractivity contribution in [3.63, 3.8) is 0 Å². The van der Waals surface area contributed by atoms with Gasteiger partial charge in [0.25, 0.3) is 5.91 Å². The number of para-hydroxylation sites is 1. The van der Waals surface area contributed by atoms with Crippen LogP contribution >= 0.6 is 0 Å². The lowest BCUT2D eigenvalue weighted by atomic mass is 10.0. The van der Waals surface area contributed by atoms with Crippen molar-refractivity contribution in [1.29, 1.82) is 0 Å². The number of anilines is 1. The van der Waals surface area contributed by atoms with Gasteiger partial charge in [0, 0.05) is 18.3 Å². The molecule has 0 bridgehead atoms. The molecule has 2 aliphatic heterocycles. The highest BCUT2D eigenvalue weighted by Crippen LogP contribution is 2.38. The van der Waals surface area contributed by atoms with E-state index in [-0.39, 0.29) is 26.7 Å². The Labute approximate surface area is 244 Å². The maximum Gasteiger partial charge on any atom is 0.251 e. The van der Waals surface area contributed by atoms with Crippen LogP contribution in [0.4, 0.5) is 10.1 Å². The first-order valence-corrected chi connectivity index (χ1v) is 13.4. The third-order valence-electron chi connectivity index (χ3n) is 7.20.